The molecule has 0 heterocycles. The highest BCUT2D eigenvalue weighted by Gasteiger charge is 2.32. The van der Waals surface area contributed by atoms with Crippen molar-refractivity contribution in [2.75, 3.05) is 39.6 Å². The zero-order chi connectivity index (χ0) is 30.0. The molecular weight excluding hydrogens is 528 g/mol. The molecule has 0 saturated heterocycles. The van der Waals surface area contributed by atoms with E-state index >= 15 is 0 Å². The quantitative estimate of drug-likeness (QED) is 0.117. The summed E-state index contributed by atoms with van der Waals surface area (Å²) >= 11 is 0. The summed E-state index contributed by atoms with van der Waals surface area (Å²) in [6.07, 6.45) is 38.3. The fourth-order valence-electron chi connectivity index (χ4n) is 9.00. The number of hydrogen-bond acceptors (Lipinski definition) is 3. The van der Waals surface area contributed by atoms with Gasteiger partial charge in [-0.25, -0.2) is 0 Å². The first kappa shape index (κ1) is 34.7. The normalized spacial score (nSPS) is 34.0. The Labute approximate surface area is 266 Å². The van der Waals surface area contributed by atoms with Crippen LogP contribution in [0.25, 0.3) is 0 Å². The van der Waals surface area contributed by atoms with Gasteiger partial charge in [-0.1, -0.05) is 36.5 Å². The third kappa shape index (κ3) is 13.0. The van der Waals surface area contributed by atoms with Crippen LogP contribution in [0.1, 0.15) is 116 Å². The predicted octanol–water partition coefficient (Wildman–Crippen LogP) is 10.5. The molecule has 0 radical (unpaired) electrons. The van der Waals surface area contributed by atoms with Crippen LogP contribution in [0.15, 0.2) is 49.6 Å². The van der Waals surface area contributed by atoms with Gasteiger partial charge in [0.2, 0.25) is 0 Å². The van der Waals surface area contributed by atoms with Gasteiger partial charge in [-0.3, -0.25) is 0 Å². The smallest absolute Gasteiger partial charge is 0.0651 e. The van der Waals surface area contributed by atoms with Crippen LogP contribution in [-0.4, -0.2) is 39.6 Å². The van der Waals surface area contributed by atoms with Gasteiger partial charge in [0, 0.05) is 13.2 Å². The highest BCUT2D eigenvalue weighted by Crippen LogP contribution is 2.43. The molecule has 0 atom stereocenters. The number of hydrogen-bond donors (Lipinski definition) is 0. The van der Waals surface area contributed by atoms with Gasteiger partial charge in [0.25, 0.3) is 0 Å². The van der Waals surface area contributed by atoms with Crippen LogP contribution in [0, 0.1) is 47.3 Å². The summed E-state index contributed by atoms with van der Waals surface area (Å²) in [6, 6.07) is 0. The van der Waals surface area contributed by atoms with Gasteiger partial charge in [0.1, 0.15) is 0 Å². The van der Waals surface area contributed by atoms with Crippen molar-refractivity contribution < 1.29 is 14.2 Å². The Morgan fingerprint density at radius 1 is 0.372 bits per heavy atom. The summed E-state index contributed by atoms with van der Waals surface area (Å²) in [5.41, 5.74) is 0. The van der Waals surface area contributed by atoms with E-state index in [9.17, 15) is 0 Å². The van der Waals surface area contributed by atoms with Crippen molar-refractivity contribution in [2.24, 2.45) is 47.3 Å². The van der Waals surface area contributed by atoms with Crippen LogP contribution >= 0.6 is 0 Å². The van der Waals surface area contributed by atoms with E-state index in [0.29, 0.717) is 13.2 Å². The molecule has 0 aliphatic heterocycles. The Kier molecular flexibility index (Phi) is 16.8. The first-order valence-electron chi connectivity index (χ1n) is 18.5. The Balaban J connectivity index is 0.955. The molecule has 244 valence electrons. The standard InChI is InChI=1S/C40H66O3/c1-3-27-42-31-35-15-23-39(24-16-35)37-19-11-33(12-20-37)9-5-7-29-41-30-8-6-10-34-13-21-38(22-14-34)40-25-17-36(18-26-40)32-43-28-4-2/h3-8,33-40H,1-2,9-32H2/t33-,34-,35-,36-,37-,38-,39-,40-. The van der Waals surface area contributed by atoms with Crippen molar-refractivity contribution in [1.29, 1.82) is 0 Å². The Hall–Kier alpha value is -1.16. The van der Waals surface area contributed by atoms with Crippen molar-refractivity contribution >= 4 is 0 Å². The van der Waals surface area contributed by atoms with E-state index in [1.165, 1.54) is 116 Å². The number of rotatable bonds is 18. The number of allylic oxidation sites excluding steroid dienone is 2. The lowest BCUT2D eigenvalue weighted by molar-refractivity contribution is 0.0785. The van der Waals surface area contributed by atoms with E-state index in [4.69, 9.17) is 14.2 Å². The summed E-state index contributed by atoms with van der Waals surface area (Å²) in [5, 5.41) is 0. The van der Waals surface area contributed by atoms with Gasteiger partial charge in [-0.05, 0) is 163 Å². The average Bonchev–Trinajstić information content (AvgIpc) is 3.05. The molecule has 43 heavy (non-hydrogen) atoms. The molecule has 0 aromatic rings. The Morgan fingerprint density at radius 3 is 1.02 bits per heavy atom. The van der Waals surface area contributed by atoms with Gasteiger partial charge in [0.15, 0.2) is 0 Å². The molecule has 4 saturated carbocycles. The molecule has 0 aromatic heterocycles. The minimum absolute atomic E-state index is 0.707. The minimum Gasteiger partial charge on any atom is -0.377 e. The van der Waals surface area contributed by atoms with Gasteiger partial charge in [-0.2, -0.15) is 0 Å². The zero-order valence-corrected chi connectivity index (χ0v) is 27.7. The molecule has 4 fully saturated rings. The monoisotopic (exact) mass is 595 g/mol. The fourth-order valence-corrected chi connectivity index (χ4v) is 9.00. The van der Waals surface area contributed by atoms with E-state index in [1.54, 1.807) is 0 Å². The topological polar surface area (TPSA) is 27.7 Å². The summed E-state index contributed by atoms with van der Waals surface area (Å²) in [4.78, 5) is 0. The SMILES string of the molecule is C=CCOC[C@H]1CC[C@H]([C@H]2CC[C@H](CC=CCOCC=CC[C@H]3CC[C@H]([C@H]4CC[C@H](COCC=C)CC4)CC3)CC2)CC1. The second-order valence-corrected chi connectivity index (χ2v) is 14.7. The highest BCUT2D eigenvalue weighted by atomic mass is 16.5. The number of ether oxygens (including phenoxy) is 3. The van der Waals surface area contributed by atoms with Gasteiger partial charge in [0.05, 0.1) is 26.4 Å². The fraction of sp³-hybridized carbons (Fsp3) is 0.800. The third-order valence-corrected chi connectivity index (χ3v) is 11.8. The molecule has 0 bridgehead atoms. The maximum atomic E-state index is 5.88. The third-order valence-electron chi connectivity index (χ3n) is 11.8. The molecule has 3 heteroatoms. The van der Waals surface area contributed by atoms with Crippen LogP contribution < -0.4 is 0 Å². The second kappa shape index (κ2) is 20.8. The van der Waals surface area contributed by atoms with Crippen LogP contribution in [0.3, 0.4) is 0 Å². The molecule has 0 aromatic carbocycles. The van der Waals surface area contributed by atoms with E-state index in [1.807, 2.05) is 12.2 Å². The molecule has 0 amide bonds. The second-order valence-electron chi connectivity index (χ2n) is 14.7. The van der Waals surface area contributed by atoms with Crippen molar-refractivity contribution in [2.45, 2.75) is 116 Å². The van der Waals surface area contributed by atoms with Crippen molar-refractivity contribution in [3.05, 3.63) is 49.6 Å². The van der Waals surface area contributed by atoms with Crippen molar-refractivity contribution in [3.63, 3.8) is 0 Å². The molecule has 4 rings (SSSR count). The molecule has 0 spiro atoms. The lowest BCUT2D eigenvalue weighted by Gasteiger charge is -2.37. The van der Waals surface area contributed by atoms with Crippen molar-refractivity contribution in [1.82, 2.24) is 0 Å². The van der Waals surface area contributed by atoms with Gasteiger partial charge >= 0.3 is 0 Å². The molecule has 4 aliphatic carbocycles. The van der Waals surface area contributed by atoms with Crippen LogP contribution in [0.4, 0.5) is 0 Å². The van der Waals surface area contributed by atoms with E-state index in [0.717, 1.165) is 73.8 Å². The van der Waals surface area contributed by atoms with Gasteiger partial charge in [-0.15, -0.1) is 13.2 Å². The van der Waals surface area contributed by atoms with Crippen LogP contribution in [-0.2, 0) is 14.2 Å². The summed E-state index contributed by atoms with van der Waals surface area (Å²) in [7, 11) is 0. The minimum atomic E-state index is 0.707. The molecular formula is C40H66O3. The first-order valence-corrected chi connectivity index (χ1v) is 18.5. The molecule has 4 aliphatic rings. The highest BCUT2D eigenvalue weighted by molar-refractivity contribution is 4.90. The Morgan fingerprint density at radius 2 is 0.698 bits per heavy atom. The van der Waals surface area contributed by atoms with Crippen LogP contribution in [0.5, 0.6) is 0 Å². The average molecular weight is 595 g/mol. The molecule has 0 N–H and O–H groups in total. The van der Waals surface area contributed by atoms with Crippen molar-refractivity contribution in [3.8, 4) is 0 Å². The maximum absolute atomic E-state index is 5.88. The zero-order valence-electron chi connectivity index (χ0n) is 27.7. The predicted molar refractivity (Wildman–Crippen MR) is 182 cm³/mol. The Bertz CT molecular complexity index is 719. The summed E-state index contributed by atoms with van der Waals surface area (Å²) in [5.74, 6) is 7.29. The maximum Gasteiger partial charge on any atom is 0.0651 e. The van der Waals surface area contributed by atoms with Crippen LogP contribution in [0.2, 0.25) is 0 Å². The van der Waals surface area contributed by atoms with E-state index < -0.39 is 0 Å². The molecule has 0 unspecified atom stereocenters. The molecule has 3 nitrogen and oxygen atoms in total. The summed E-state index contributed by atoms with van der Waals surface area (Å²) in [6.45, 7) is 12.3. The van der Waals surface area contributed by atoms with Gasteiger partial charge < -0.3 is 14.2 Å². The first-order chi connectivity index (χ1) is 21.2. The lowest BCUT2D eigenvalue weighted by Crippen LogP contribution is -2.27. The summed E-state index contributed by atoms with van der Waals surface area (Å²) < 4.78 is 17.3. The van der Waals surface area contributed by atoms with E-state index in [2.05, 4.69) is 37.5 Å². The van der Waals surface area contributed by atoms with E-state index in [-0.39, 0.29) is 0 Å². The lowest BCUT2D eigenvalue weighted by atomic mass is 9.69. The largest absolute Gasteiger partial charge is 0.377 e.